The van der Waals surface area contributed by atoms with E-state index in [1.54, 1.807) is 12.1 Å². The zero-order valence-electron chi connectivity index (χ0n) is 23.4. The second-order valence-electron chi connectivity index (χ2n) is 12.6. The molecule has 1 aromatic heterocycles. The molecule has 4 aliphatic heterocycles. The first kappa shape index (κ1) is 27.2. The first-order valence-corrected chi connectivity index (χ1v) is 15.2. The third kappa shape index (κ3) is 4.57. The Labute approximate surface area is 251 Å². The van der Waals surface area contributed by atoms with Crippen molar-refractivity contribution in [3.63, 3.8) is 0 Å². The van der Waals surface area contributed by atoms with Crippen molar-refractivity contribution in [3.8, 4) is 22.9 Å². The largest absolute Gasteiger partial charge is 0.508 e. The first-order valence-electron chi connectivity index (χ1n) is 14.9. The van der Waals surface area contributed by atoms with Gasteiger partial charge in [0.15, 0.2) is 5.82 Å². The number of fused-ring (bicyclic) bond motifs is 5. The first-order chi connectivity index (χ1) is 20.8. The Morgan fingerprint density at radius 3 is 2.44 bits per heavy atom. The standard InChI is InChI=1S/C32H31ClF3N5O2/c33-26-9-25-29(28(36)27(26)24-8-22(42)7-17-3-1-2-4-23(17)24)38-31(39-30(25)40-14-20-5-6-21(15-40)37-20)43-16-32-10-18(34)12-41(32)13-19(35)11-32/h1-4,7-9,18-21,37,42H,5-6,10-16H2/t18-,19+,20?,21?,32+. The molecule has 8 rings (SSSR count). The lowest BCUT2D eigenvalue weighted by Crippen LogP contribution is -2.51. The number of aromatic hydroxyl groups is 1. The van der Waals surface area contributed by atoms with Crippen molar-refractivity contribution in [1.29, 1.82) is 0 Å². The van der Waals surface area contributed by atoms with Crippen molar-refractivity contribution in [2.75, 3.05) is 37.7 Å². The molecule has 4 fully saturated rings. The number of nitrogens with zero attached hydrogens (tertiary/aromatic N) is 4. The van der Waals surface area contributed by atoms with Gasteiger partial charge in [0, 0.05) is 62.1 Å². The van der Waals surface area contributed by atoms with Gasteiger partial charge < -0.3 is 20.1 Å². The van der Waals surface area contributed by atoms with Crippen LogP contribution < -0.4 is 15.0 Å². The molecule has 0 amide bonds. The minimum Gasteiger partial charge on any atom is -0.508 e. The molecule has 4 aromatic rings. The number of ether oxygens (including phenoxy) is 1. The third-order valence-corrected chi connectivity index (χ3v) is 9.95. The second kappa shape index (κ2) is 10.1. The molecule has 224 valence electrons. The minimum atomic E-state index is -1.06. The van der Waals surface area contributed by atoms with Gasteiger partial charge in [-0.2, -0.15) is 9.97 Å². The van der Waals surface area contributed by atoms with E-state index >= 15 is 4.39 Å². The zero-order valence-corrected chi connectivity index (χ0v) is 24.1. The van der Waals surface area contributed by atoms with Gasteiger partial charge in [0.2, 0.25) is 0 Å². The SMILES string of the molecule is Oc1cc(-c2c(Cl)cc3c(N4CC5CCC(C4)N5)nc(OC[C@]45C[C@H](F)CN4C[C@H](F)C5)nc3c2F)c2ccccc2c1. The quantitative estimate of drug-likeness (QED) is 0.297. The summed E-state index contributed by atoms with van der Waals surface area (Å²) >= 11 is 6.83. The van der Waals surface area contributed by atoms with Crippen molar-refractivity contribution in [2.45, 2.75) is 55.6 Å². The number of hydrogen-bond donors (Lipinski definition) is 2. The molecule has 2 unspecified atom stereocenters. The van der Waals surface area contributed by atoms with Crippen LogP contribution in [0, 0.1) is 5.82 Å². The topological polar surface area (TPSA) is 73.8 Å². The number of alkyl halides is 2. The number of hydrogen-bond acceptors (Lipinski definition) is 7. The molecule has 5 atom stereocenters. The summed E-state index contributed by atoms with van der Waals surface area (Å²) in [7, 11) is 0. The average molecular weight is 610 g/mol. The number of nitrogens with one attached hydrogen (secondary N) is 1. The number of phenols is 1. The van der Waals surface area contributed by atoms with Gasteiger partial charge in [-0.15, -0.1) is 0 Å². The van der Waals surface area contributed by atoms with Gasteiger partial charge in [0.25, 0.3) is 0 Å². The van der Waals surface area contributed by atoms with E-state index in [9.17, 15) is 13.9 Å². The van der Waals surface area contributed by atoms with E-state index in [1.807, 2.05) is 29.2 Å². The maximum atomic E-state index is 16.8. The van der Waals surface area contributed by atoms with Crippen molar-refractivity contribution in [1.82, 2.24) is 20.2 Å². The van der Waals surface area contributed by atoms with Crippen molar-refractivity contribution >= 4 is 39.1 Å². The monoisotopic (exact) mass is 609 g/mol. The number of halogens is 4. The lowest BCUT2D eigenvalue weighted by atomic mass is 9.94. The van der Waals surface area contributed by atoms with Gasteiger partial charge in [-0.25, -0.2) is 13.2 Å². The Morgan fingerprint density at radius 1 is 0.977 bits per heavy atom. The molecule has 5 heterocycles. The number of anilines is 1. The predicted molar refractivity (Wildman–Crippen MR) is 160 cm³/mol. The highest BCUT2D eigenvalue weighted by molar-refractivity contribution is 6.35. The summed E-state index contributed by atoms with van der Waals surface area (Å²) in [4.78, 5) is 13.3. The fourth-order valence-electron chi connectivity index (χ4n) is 7.83. The maximum absolute atomic E-state index is 16.8. The van der Waals surface area contributed by atoms with Gasteiger partial charge in [0.1, 0.15) is 36.0 Å². The van der Waals surface area contributed by atoms with E-state index in [-0.39, 0.29) is 60.4 Å². The van der Waals surface area contributed by atoms with Gasteiger partial charge in [-0.05, 0) is 47.4 Å². The highest BCUT2D eigenvalue weighted by atomic mass is 35.5. The molecular weight excluding hydrogens is 579 g/mol. The Bertz CT molecular complexity index is 1730. The maximum Gasteiger partial charge on any atom is 0.319 e. The van der Waals surface area contributed by atoms with E-state index in [0.29, 0.717) is 41.9 Å². The molecule has 0 radical (unpaired) electrons. The van der Waals surface area contributed by atoms with Gasteiger partial charge in [0.05, 0.1) is 10.6 Å². The average Bonchev–Trinajstić information content (AvgIpc) is 3.58. The molecule has 0 aliphatic carbocycles. The smallest absolute Gasteiger partial charge is 0.319 e. The number of rotatable bonds is 5. The van der Waals surface area contributed by atoms with Gasteiger partial charge in [-0.1, -0.05) is 35.9 Å². The molecule has 4 saturated heterocycles. The van der Waals surface area contributed by atoms with E-state index in [0.717, 1.165) is 23.6 Å². The third-order valence-electron chi connectivity index (χ3n) is 9.65. The summed E-state index contributed by atoms with van der Waals surface area (Å²) in [6, 6.07) is 12.7. The summed E-state index contributed by atoms with van der Waals surface area (Å²) in [6.07, 6.45) is 0.329. The number of phenolic OH excluding ortho intramolecular Hbond substituents is 1. The number of aromatic nitrogens is 2. The zero-order chi connectivity index (χ0) is 29.5. The normalized spacial score (nSPS) is 28.7. The summed E-state index contributed by atoms with van der Waals surface area (Å²) in [6.45, 7) is 1.72. The lowest BCUT2D eigenvalue weighted by molar-refractivity contribution is 0.107. The van der Waals surface area contributed by atoms with Crippen LogP contribution in [-0.2, 0) is 0 Å². The fraction of sp³-hybridized carbons (Fsp3) is 0.438. The molecule has 11 heteroatoms. The fourth-order valence-corrected chi connectivity index (χ4v) is 8.12. The molecule has 7 nitrogen and oxygen atoms in total. The van der Waals surface area contributed by atoms with Crippen molar-refractivity contribution < 1.29 is 23.0 Å². The van der Waals surface area contributed by atoms with Crippen molar-refractivity contribution in [3.05, 3.63) is 53.3 Å². The Kier molecular flexibility index (Phi) is 6.40. The van der Waals surface area contributed by atoms with Crippen LogP contribution in [0.1, 0.15) is 25.7 Å². The van der Waals surface area contributed by atoms with E-state index in [4.69, 9.17) is 21.3 Å². The molecule has 2 N–H and O–H groups in total. The van der Waals surface area contributed by atoms with Crippen LogP contribution in [0.3, 0.4) is 0 Å². The molecule has 4 aliphatic rings. The Morgan fingerprint density at radius 2 is 1.70 bits per heavy atom. The Balaban J connectivity index is 1.27. The highest BCUT2D eigenvalue weighted by Crippen LogP contribution is 2.44. The number of piperazine rings is 1. The molecule has 0 spiro atoms. The van der Waals surface area contributed by atoms with Crippen LogP contribution in [0.15, 0.2) is 42.5 Å². The highest BCUT2D eigenvalue weighted by Gasteiger charge is 2.53. The summed E-state index contributed by atoms with van der Waals surface area (Å²) in [5.74, 6) is -0.147. The lowest BCUT2D eigenvalue weighted by Gasteiger charge is -2.34. The second-order valence-corrected chi connectivity index (χ2v) is 13.0. The van der Waals surface area contributed by atoms with Crippen molar-refractivity contribution in [2.24, 2.45) is 0 Å². The predicted octanol–water partition coefficient (Wildman–Crippen LogP) is 5.79. The van der Waals surface area contributed by atoms with E-state index in [2.05, 4.69) is 15.2 Å². The van der Waals surface area contributed by atoms with E-state index < -0.39 is 23.7 Å². The van der Waals surface area contributed by atoms with Crippen LogP contribution in [0.2, 0.25) is 5.02 Å². The summed E-state index contributed by atoms with van der Waals surface area (Å²) in [5.41, 5.74) is -0.182. The van der Waals surface area contributed by atoms with Crippen LogP contribution >= 0.6 is 11.6 Å². The molecule has 43 heavy (non-hydrogen) atoms. The molecular formula is C32H31ClF3N5O2. The minimum absolute atomic E-state index is 0.00481. The van der Waals surface area contributed by atoms with Crippen LogP contribution in [0.4, 0.5) is 19.0 Å². The Hall–Kier alpha value is -3.34. The van der Waals surface area contributed by atoms with Crippen LogP contribution in [0.5, 0.6) is 11.8 Å². The van der Waals surface area contributed by atoms with Gasteiger partial charge >= 0.3 is 6.01 Å². The molecule has 2 bridgehead atoms. The summed E-state index contributed by atoms with van der Waals surface area (Å²) < 4.78 is 51.8. The van der Waals surface area contributed by atoms with E-state index in [1.165, 1.54) is 6.07 Å². The molecule has 3 aromatic carbocycles. The summed E-state index contributed by atoms with van der Waals surface area (Å²) in [5, 5.41) is 16.2. The molecule has 0 saturated carbocycles. The number of benzene rings is 3. The van der Waals surface area contributed by atoms with Crippen LogP contribution in [-0.4, -0.2) is 82.7 Å². The van der Waals surface area contributed by atoms with Gasteiger partial charge in [-0.3, -0.25) is 4.90 Å². The van der Waals surface area contributed by atoms with Crippen LogP contribution in [0.25, 0.3) is 32.8 Å².